The molecular weight excluding hydrogens is 336 g/mol. The zero-order valence-electron chi connectivity index (χ0n) is 11.1. The molecule has 1 aromatic heterocycles. The van der Waals surface area contributed by atoms with Crippen molar-refractivity contribution in [2.24, 2.45) is 0 Å². The zero-order valence-corrected chi connectivity index (χ0v) is 13.4. The van der Waals surface area contributed by atoms with Gasteiger partial charge in [-0.05, 0) is 42.8 Å². The molecule has 0 aliphatic carbocycles. The van der Waals surface area contributed by atoms with E-state index in [1.54, 1.807) is 0 Å². The van der Waals surface area contributed by atoms with Crippen LogP contribution >= 0.6 is 27.5 Å². The number of aromatic nitrogens is 2. The fraction of sp³-hybridized carbons (Fsp3) is 0.188. The third-order valence-corrected chi connectivity index (χ3v) is 3.95. The summed E-state index contributed by atoms with van der Waals surface area (Å²) in [7, 11) is 0. The summed E-state index contributed by atoms with van der Waals surface area (Å²) in [5.74, 6) is 1.56. The molecule has 1 heterocycles. The maximum absolute atomic E-state index is 5.92. The molecule has 0 fully saturated rings. The number of hydrogen-bond donors (Lipinski definition) is 0. The third-order valence-electron chi connectivity index (χ3n) is 3.26. The largest absolute Gasteiger partial charge is 0.296 e. The van der Waals surface area contributed by atoms with Gasteiger partial charge < -0.3 is 0 Å². The zero-order chi connectivity index (χ0) is 14.1. The molecule has 0 saturated carbocycles. The lowest BCUT2D eigenvalue weighted by atomic mass is 10.2. The summed E-state index contributed by atoms with van der Waals surface area (Å²) in [6, 6.07) is 14.6. The molecule has 0 bridgehead atoms. The second-order valence-electron chi connectivity index (χ2n) is 4.77. The lowest BCUT2D eigenvalue weighted by Gasteiger charge is -2.09. The van der Waals surface area contributed by atoms with Crippen molar-refractivity contribution in [1.82, 2.24) is 9.55 Å². The Morgan fingerprint density at radius 3 is 2.80 bits per heavy atom. The van der Waals surface area contributed by atoms with Crippen LogP contribution in [0.1, 0.15) is 11.4 Å². The highest BCUT2D eigenvalue weighted by molar-refractivity contribution is 9.10. The molecule has 0 aliphatic heterocycles. The highest BCUT2D eigenvalue weighted by Crippen LogP contribution is 2.25. The highest BCUT2D eigenvalue weighted by atomic mass is 79.9. The first kappa shape index (κ1) is 13.7. The lowest BCUT2D eigenvalue weighted by Crippen LogP contribution is -2.02. The Balaban J connectivity index is 2.30. The van der Waals surface area contributed by atoms with Crippen LogP contribution < -0.4 is 0 Å². The van der Waals surface area contributed by atoms with Crippen LogP contribution in [0.5, 0.6) is 0 Å². The van der Waals surface area contributed by atoms with Crippen molar-refractivity contribution < 1.29 is 0 Å². The van der Waals surface area contributed by atoms with Crippen LogP contribution in [0.2, 0.25) is 0 Å². The number of aryl methyl sites for hydroxylation is 2. The molecule has 0 N–H and O–H groups in total. The van der Waals surface area contributed by atoms with Gasteiger partial charge in [-0.25, -0.2) is 4.98 Å². The smallest absolute Gasteiger partial charge is 0.115 e. The molecule has 0 amide bonds. The number of benzene rings is 2. The number of fused-ring (bicyclic) bond motifs is 1. The summed E-state index contributed by atoms with van der Waals surface area (Å²) in [5.41, 5.74) is 4.46. The molecule has 0 atom stereocenters. The summed E-state index contributed by atoms with van der Waals surface area (Å²) < 4.78 is 3.24. The van der Waals surface area contributed by atoms with Crippen LogP contribution in [0.3, 0.4) is 0 Å². The quantitative estimate of drug-likeness (QED) is 0.616. The first-order valence-electron chi connectivity index (χ1n) is 6.49. The van der Waals surface area contributed by atoms with E-state index in [4.69, 9.17) is 16.6 Å². The van der Waals surface area contributed by atoms with Gasteiger partial charge in [0.1, 0.15) is 5.82 Å². The van der Waals surface area contributed by atoms with E-state index in [0.29, 0.717) is 5.88 Å². The van der Waals surface area contributed by atoms with Crippen molar-refractivity contribution in [3.63, 3.8) is 0 Å². The Hall–Kier alpha value is -1.32. The van der Waals surface area contributed by atoms with E-state index in [9.17, 15) is 0 Å². The van der Waals surface area contributed by atoms with Gasteiger partial charge in [-0.3, -0.25) is 4.57 Å². The van der Waals surface area contributed by atoms with Gasteiger partial charge in [0, 0.05) is 22.5 Å². The number of rotatable bonds is 3. The molecule has 0 unspecified atom stereocenters. The minimum atomic E-state index is 0.566. The van der Waals surface area contributed by atoms with Gasteiger partial charge in [0.15, 0.2) is 0 Å². The maximum atomic E-state index is 5.92. The van der Waals surface area contributed by atoms with E-state index in [1.165, 1.54) is 5.56 Å². The number of imidazole rings is 1. The Morgan fingerprint density at radius 1 is 1.20 bits per heavy atom. The molecule has 3 rings (SSSR count). The first-order valence-corrected chi connectivity index (χ1v) is 7.81. The Kier molecular flexibility index (Phi) is 3.81. The van der Waals surface area contributed by atoms with Crippen LogP contribution in [0.15, 0.2) is 46.9 Å². The first-order chi connectivity index (χ1) is 9.69. The van der Waals surface area contributed by atoms with Gasteiger partial charge >= 0.3 is 0 Å². The molecule has 20 heavy (non-hydrogen) atoms. The summed E-state index contributed by atoms with van der Waals surface area (Å²) in [5, 5.41) is 0. The summed E-state index contributed by atoms with van der Waals surface area (Å²) in [6.45, 7) is 2.10. The van der Waals surface area contributed by atoms with Gasteiger partial charge in [0.25, 0.3) is 0 Å². The highest BCUT2D eigenvalue weighted by Gasteiger charge is 2.12. The van der Waals surface area contributed by atoms with Crippen LogP contribution in [-0.4, -0.2) is 15.4 Å². The fourth-order valence-electron chi connectivity index (χ4n) is 2.41. The van der Waals surface area contributed by atoms with Crippen molar-refractivity contribution in [2.45, 2.75) is 13.3 Å². The summed E-state index contributed by atoms with van der Waals surface area (Å²) >= 11 is 9.46. The van der Waals surface area contributed by atoms with E-state index in [1.807, 2.05) is 12.1 Å². The Bertz CT molecular complexity index is 764. The molecular formula is C16H14BrClN2. The summed E-state index contributed by atoms with van der Waals surface area (Å²) in [4.78, 5) is 4.71. The fourth-order valence-corrected chi connectivity index (χ4v) is 2.92. The molecule has 102 valence electrons. The van der Waals surface area contributed by atoms with Crippen LogP contribution in [0, 0.1) is 6.92 Å². The molecule has 0 spiro atoms. The molecule has 0 radical (unpaired) electrons. The van der Waals surface area contributed by atoms with Gasteiger partial charge in [0.05, 0.1) is 11.0 Å². The minimum Gasteiger partial charge on any atom is -0.296 e. The number of nitrogens with zero attached hydrogens (tertiary/aromatic N) is 2. The number of halogens is 2. The SMILES string of the molecule is Cc1cccc(-n2c(CCCl)nc3ccc(Br)cc32)c1. The van der Waals surface area contributed by atoms with E-state index < -0.39 is 0 Å². The van der Waals surface area contributed by atoms with Crippen molar-refractivity contribution in [3.05, 3.63) is 58.3 Å². The van der Waals surface area contributed by atoms with Crippen molar-refractivity contribution in [1.29, 1.82) is 0 Å². The third kappa shape index (κ3) is 2.48. The predicted octanol–water partition coefficient (Wildman–Crippen LogP) is 4.88. The Labute approximate surface area is 131 Å². The lowest BCUT2D eigenvalue weighted by molar-refractivity contribution is 0.911. The molecule has 2 aromatic carbocycles. The molecule has 0 aliphatic rings. The van der Waals surface area contributed by atoms with E-state index in [-0.39, 0.29) is 0 Å². The van der Waals surface area contributed by atoms with Gasteiger partial charge in [0.2, 0.25) is 0 Å². The Morgan fingerprint density at radius 2 is 2.05 bits per heavy atom. The van der Waals surface area contributed by atoms with E-state index in [2.05, 4.69) is 57.8 Å². The second kappa shape index (κ2) is 5.58. The normalized spacial score (nSPS) is 11.2. The number of hydrogen-bond acceptors (Lipinski definition) is 1. The maximum Gasteiger partial charge on any atom is 0.115 e. The minimum absolute atomic E-state index is 0.566. The van der Waals surface area contributed by atoms with Gasteiger partial charge in [-0.15, -0.1) is 11.6 Å². The van der Waals surface area contributed by atoms with E-state index in [0.717, 1.165) is 33.4 Å². The summed E-state index contributed by atoms with van der Waals surface area (Å²) in [6.07, 6.45) is 0.752. The predicted molar refractivity (Wildman–Crippen MR) is 87.9 cm³/mol. The topological polar surface area (TPSA) is 17.8 Å². The van der Waals surface area contributed by atoms with Crippen molar-refractivity contribution >= 4 is 38.6 Å². The van der Waals surface area contributed by atoms with Crippen LogP contribution in [0.25, 0.3) is 16.7 Å². The number of alkyl halides is 1. The van der Waals surface area contributed by atoms with Gasteiger partial charge in [-0.1, -0.05) is 28.1 Å². The van der Waals surface area contributed by atoms with Crippen molar-refractivity contribution in [2.75, 3.05) is 5.88 Å². The van der Waals surface area contributed by atoms with Crippen molar-refractivity contribution in [3.8, 4) is 5.69 Å². The van der Waals surface area contributed by atoms with Gasteiger partial charge in [-0.2, -0.15) is 0 Å². The average molecular weight is 350 g/mol. The molecule has 4 heteroatoms. The standard InChI is InChI=1S/C16H14BrClN2/c1-11-3-2-4-13(9-11)20-15-10-12(17)5-6-14(15)19-16(20)7-8-18/h2-6,9-10H,7-8H2,1H3. The molecule has 2 nitrogen and oxygen atoms in total. The monoisotopic (exact) mass is 348 g/mol. The second-order valence-corrected chi connectivity index (χ2v) is 6.07. The van der Waals surface area contributed by atoms with Crippen LogP contribution in [0.4, 0.5) is 0 Å². The van der Waals surface area contributed by atoms with Crippen LogP contribution in [-0.2, 0) is 6.42 Å². The van der Waals surface area contributed by atoms with E-state index >= 15 is 0 Å². The average Bonchev–Trinajstić information content (AvgIpc) is 2.76. The molecule has 3 aromatic rings. The molecule has 0 saturated heterocycles.